The van der Waals surface area contributed by atoms with Crippen LogP contribution >= 0.6 is 31.9 Å². The number of phenols is 2. The summed E-state index contributed by atoms with van der Waals surface area (Å²) in [7, 11) is 0. The van der Waals surface area contributed by atoms with Crippen molar-refractivity contribution in [3.8, 4) is 34.5 Å². The van der Waals surface area contributed by atoms with Crippen LogP contribution in [0.25, 0.3) is 0 Å². The molecule has 1 heterocycles. The largest absolute Gasteiger partial charge is 0.504 e. The van der Waals surface area contributed by atoms with Gasteiger partial charge in [0.25, 0.3) is 0 Å². The van der Waals surface area contributed by atoms with E-state index in [0.29, 0.717) is 47.0 Å². The van der Waals surface area contributed by atoms with E-state index in [1.54, 1.807) is 0 Å². The van der Waals surface area contributed by atoms with Crippen LogP contribution in [0.3, 0.4) is 0 Å². The molecule has 30 heavy (non-hydrogen) atoms. The zero-order valence-corrected chi connectivity index (χ0v) is 21.1. The molecule has 0 unspecified atom stereocenters. The molecule has 0 fully saturated rings. The number of halogens is 2. The molecular weight excluding hydrogens is 512 g/mol. The molecule has 0 spiro atoms. The molecule has 0 saturated heterocycles. The lowest BCUT2D eigenvalue weighted by Gasteiger charge is -2.29. The minimum atomic E-state index is -0.0808. The van der Waals surface area contributed by atoms with Crippen molar-refractivity contribution in [3.63, 3.8) is 0 Å². The minimum absolute atomic E-state index is 0.0772. The van der Waals surface area contributed by atoms with E-state index in [4.69, 9.17) is 9.47 Å². The van der Waals surface area contributed by atoms with Gasteiger partial charge in [-0.15, -0.1) is 0 Å². The summed E-state index contributed by atoms with van der Waals surface area (Å²) in [4.78, 5) is 0. The molecule has 6 heteroatoms. The fourth-order valence-electron chi connectivity index (χ4n) is 3.77. The minimum Gasteiger partial charge on any atom is -0.504 e. The van der Waals surface area contributed by atoms with E-state index in [-0.39, 0.29) is 11.5 Å². The van der Waals surface area contributed by atoms with Gasteiger partial charge in [0.15, 0.2) is 34.5 Å². The van der Waals surface area contributed by atoms with Gasteiger partial charge in [0.2, 0.25) is 0 Å². The van der Waals surface area contributed by atoms with Crippen molar-refractivity contribution < 1.29 is 19.7 Å². The Morgan fingerprint density at radius 1 is 0.700 bits per heavy atom. The van der Waals surface area contributed by atoms with Crippen LogP contribution in [-0.4, -0.2) is 10.2 Å². The predicted molar refractivity (Wildman–Crippen MR) is 128 cm³/mol. The van der Waals surface area contributed by atoms with Crippen LogP contribution in [0.4, 0.5) is 0 Å². The van der Waals surface area contributed by atoms with Crippen LogP contribution in [0, 0.1) is 0 Å². The molecule has 0 atom stereocenters. The van der Waals surface area contributed by atoms with E-state index in [1.807, 2.05) is 6.07 Å². The number of hydrogen-bond donors (Lipinski definition) is 2. The average molecular weight is 542 g/mol. The molecule has 0 aromatic heterocycles. The Bertz CT molecular complexity index is 925. The first kappa shape index (κ1) is 23.3. The molecule has 0 bridgehead atoms. The number of hydrogen-bond acceptors (Lipinski definition) is 4. The Labute approximate surface area is 195 Å². The van der Waals surface area contributed by atoms with Crippen LogP contribution < -0.4 is 9.47 Å². The monoisotopic (exact) mass is 540 g/mol. The van der Waals surface area contributed by atoms with Crippen molar-refractivity contribution in [2.45, 2.75) is 78.6 Å². The maximum absolute atomic E-state index is 10.8. The summed E-state index contributed by atoms with van der Waals surface area (Å²) in [6.45, 7) is 6.36. The first-order valence-corrected chi connectivity index (χ1v) is 12.5. The van der Waals surface area contributed by atoms with Crippen molar-refractivity contribution in [1.82, 2.24) is 0 Å². The fourth-order valence-corrected chi connectivity index (χ4v) is 4.71. The van der Waals surface area contributed by atoms with Crippen molar-refractivity contribution in [2.75, 3.05) is 0 Å². The maximum atomic E-state index is 10.8. The number of phenolic OH excluding ortho intramolecular Hbond substituents is 2. The number of rotatable bonds is 9. The molecule has 0 amide bonds. The van der Waals surface area contributed by atoms with Gasteiger partial charge < -0.3 is 19.7 Å². The first-order valence-electron chi connectivity index (χ1n) is 10.9. The highest BCUT2D eigenvalue weighted by atomic mass is 79.9. The first-order chi connectivity index (χ1) is 14.4. The van der Waals surface area contributed by atoms with Gasteiger partial charge in [-0.3, -0.25) is 0 Å². The average Bonchev–Trinajstić information content (AvgIpc) is 2.73. The molecule has 4 nitrogen and oxygen atoms in total. The number of benzene rings is 2. The Hall–Kier alpha value is -1.40. The van der Waals surface area contributed by atoms with E-state index in [1.165, 1.54) is 0 Å². The molecule has 0 saturated carbocycles. The zero-order valence-electron chi connectivity index (χ0n) is 17.9. The van der Waals surface area contributed by atoms with E-state index >= 15 is 0 Å². The summed E-state index contributed by atoms with van der Waals surface area (Å²) in [6.07, 6.45) is 7.92. The smallest absolute Gasteiger partial charge is 0.177 e. The molecule has 2 N–H and O–H groups in total. The normalized spacial score (nSPS) is 12.2. The van der Waals surface area contributed by atoms with Gasteiger partial charge in [0.05, 0.1) is 0 Å². The highest BCUT2D eigenvalue weighted by Crippen LogP contribution is 2.57. The lowest BCUT2D eigenvalue weighted by Crippen LogP contribution is -2.09. The van der Waals surface area contributed by atoms with Crippen molar-refractivity contribution in [1.29, 1.82) is 0 Å². The Morgan fingerprint density at radius 3 is 1.67 bits per heavy atom. The lowest BCUT2D eigenvalue weighted by atomic mass is 9.97. The summed E-state index contributed by atoms with van der Waals surface area (Å²) in [5.41, 5.74) is 2.29. The van der Waals surface area contributed by atoms with Gasteiger partial charge in [0.1, 0.15) is 0 Å². The second-order valence-electron chi connectivity index (χ2n) is 7.81. The van der Waals surface area contributed by atoms with Crippen LogP contribution in [0.1, 0.15) is 76.0 Å². The van der Waals surface area contributed by atoms with Gasteiger partial charge in [-0.25, -0.2) is 0 Å². The topological polar surface area (TPSA) is 58.9 Å². The highest BCUT2D eigenvalue weighted by Gasteiger charge is 2.32. The Kier molecular flexibility index (Phi) is 7.97. The molecular formula is C24H30Br2O4. The Morgan fingerprint density at radius 2 is 1.17 bits per heavy atom. The van der Waals surface area contributed by atoms with E-state index < -0.39 is 0 Å². The second-order valence-corrected chi connectivity index (χ2v) is 9.45. The van der Waals surface area contributed by atoms with Crippen molar-refractivity contribution >= 4 is 31.9 Å². The van der Waals surface area contributed by atoms with Gasteiger partial charge in [-0.1, -0.05) is 40.0 Å². The molecule has 1 aliphatic rings. The third kappa shape index (κ3) is 4.45. The van der Waals surface area contributed by atoms with E-state index in [2.05, 4.69) is 52.6 Å². The molecule has 164 valence electrons. The van der Waals surface area contributed by atoms with Gasteiger partial charge >= 0.3 is 0 Å². The van der Waals surface area contributed by atoms with Crippen LogP contribution in [0.5, 0.6) is 34.5 Å². The van der Waals surface area contributed by atoms with Gasteiger partial charge in [-0.2, -0.15) is 0 Å². The summed E-state index contributed by atoms with van der Waals surface area (Å²) in [5.74, 6) is 2.25. The van der Waals surface area contributed by atoms with E-state index in [9.17, 15) is 10.2 Å². The molecule has 0 radical (unpaired) electrons. The molecule has 1 aliphatic heterocycles. The van der Waals surface area contributed by atoms with E-state index in [0.717, 1.165) is 59.5 Å². The molecule has 2 aromatic carbocycles. The SMILES string of the molecule is CCCCc1c(Br)c(Br)cc2c1Oc1c(CCCC)c(O)c(O)c(CCCC)c1O2. The molecule has 0 aliphatic carbocycles. The summed E-state index contributed by atoms with van der Waals surface area (Å²) >= 11 is 7.31. The lowest BCUT2D eigenvalue weighted by molar-refractivity contribution is 0.331. The standard InChI is InChI=1S/C24H30Br2O4/c1-4-7-10-14-19(26)17(25)13-18-22(14)30-24-16(12-9-6-3)21(28)20(27)15(11-8-5-2)23(24)29-18/h13,27-28H,4-12H2,1-3H3. The van der Waals surface area contributed by atoms with Crippen LogP contribution in [0.15, 0.2) is 15.0 Å². The van der Waals surface area contributed by atoms with Crippen LogP contribution in [0.2, 0.25) is 0 Å². The fraction of sp³-hybridized carbons (Fsp3) is 0.500. The number of fused-ring (bicyclic) bond motifs is 2. The third-order valence-corrected chi connectivity index (χ3v) is 7.60. The highest BCUT2D eigenvalue weighted by molar-refractivity contribution is 9.13. The summed E-state index contributed by atoms with van der Waals surface area (Å²) in [6, 6.07) is 1.90. The quantitative estimate of drug-likeness (QED) is 0.266. The summed E-state index contributed by atoms with van der Waals surface area (Å²) < 4.78 is 14.7. The number of aromatic hydroxyl groups is 2. The predicted octanol–water partition coefficient (Wildman–Crippen LogP) is 8.55. The number of ether oxygens (including phenoxy) is 2. The molecule has 3 rings (SSSR count). The Balaban J connectivity index is 2.18. The number of unbranched alkanes of at least 4 members (excludes halogenated alkanes) is 3. The van der Waals surface area contributed by atoms with Crippen LogP contribution in [-0.2, 0) is 19.3 Å². The van der Waals surface area contributed by atoms with Crippen molar-refractivity contribution in [3.05, 3.63) is 31.7 Å². The van der Waals surface area contributed by atoms with Gasteiger partial charge in [-0.05, 0) is 70.4 Å². The summed E-state index contributed by atoms with van der Waals surface area (Å²) in [5, 5.41) is 21.6. The van der Waals surface area contributed by atoms with Gasteiger partial charge in [0, 0.05) is 31.7 Å². The maximum Gasteiger partial charge on any atom is 0.177 e. The van der Waals surface area contributed by atoms with Crippen molar-refractivity contribution in [2.24, 2.45) is 0 Å². The molecule has 2 aromatic rings. The zero-order chi connectivity index (χ0) is 21.8. The second kappa shape index (κ2) is 10.3. The third-order valence-electron chi connectivity index (χ3n) is 5.54.